The van der Waals surface area contributed by atoms with Crippen molar-refractivity contribution in [2.75, 3.05) is 13.1 Å². The number of carbonyl (C=O) groups is 1. The highest BCUT2D eigenvalue weighted by atomic mass is 79.9. The molecule has 116 valence electrons. The molecule has 0 aromatic heterocycles. The van der Waals surface area contributed by atoms with Gasteiger partial charge in [0.25, 0.3) is 0 Å². The Morgan fingerprint density at radius 3 is 2.67 bits per heavy atom. The number of rotatable bonds is 2. The molecule has 0 bridgehead atoms. The van der Waals surface area contributed by atoms with E-state index >= 15 is 0 Å². The van der Waals surface area contributed by atoms with E-state index in [0.717, 1.165) is 4.47 Å². The van der Waals surface area contributed by atoms with Crippen LogP contribution in [0.1, 0.15) is 26.3 Å². The van der Waals surface area contributed by atoms with Gasteiger partial charge in [-0.25, -0.2) is 9.18 Å². The minimum Gasteiger partial charge on any atom is -0.444 e. The van der Waals surface area contributed by atoms with Crippen LogP contribution in [0, 0.1) is 5.82 Å². The van der Waals surface area contributed by atoms with Crippen molar-refractivity contribution in [2.24, 2.45) is 0 Å². The number of β-amino-alcohol motifs (C(OH)–C–C–N with tert-alkyl or cyclic N) is 1. The predicted molar refractivity (Wildman–Crippen MR) is 80.6 cm³/mol. The fraction of sp³-hybridized carbons (Fsp3) is 0.533. The quantitative estimate of drug-likeness (QED) is 0.882. The van der Waals surface area contributed by atoms with E-state index in [-0.39, 0.29) is 25.3 Å². The van der Waals surface area contributed by atoms with E-state index in [4.69, 9.17) is 4.74 Å². The maximum Gasteiger partial charge on any atom is 0.410 e. The highest BCUT2D eigenvalue weighted by Crippen LogP contribution is 2.30. The van der Waals surface area contributed by atoms with E-state index in [1.54, 1.807) is 26.8 Å². The largest absolute Gasteiger partial charge is 0.444 e. The molecule has 21 heavy (non-hydrogen) atoms. The zero-order chi connectivity index (χ0) is 15.8. The first-order chi connectivity index (χ1) is 9.58. The molecule has 1 amide bonds. The van der Waals surface area contributed by atoms with Crippen LogP contribution in [0.25, 0.3) is 0 Å². The van der Waals surface area contributed by atoms with Crippen LogP contribution in [0.5, 0.6) is 0 Å². The first-order valence-corrected chi connectivity index (χ1v) is 7.52. The van der Waals surface area contributed by atoms with Crippen LogP contribution in [-0.4, -0.2) is 40.4 Å². The van der Waals surface area contributed by atoms with Gasteiger partial charge in [-0.1, -0.05) is 15.9 Å². The molecule has 1 aliphatic rings. The summed E-state index contributed by atoms with van der Waals surface area (Å²) < 4.78 is 19.2. The van der Waals surface area contributed by atoms with Crippen molar-refractivity contribution in [3.8, 4) is 0 Å². The summed E-state index contributed by atoms with van der Waals surface area (Å²) in [4.78, 5) is 13.3. The molecule has 1 aromatic carbocycles. The van der Waals surface area contributed by atoms with Gasteiger partial charge in [0, 0.05) is 10.9 Å². The van der Waals surface area contributed by atoms with Gasteiger partial charge >= 0.3 is 6.09 Å². The van der Waals surface area contributed by atoms with Crippen LogP contribution in [0.15, 0.2) is 22.7 Å². The Bertz CT molecular complexity index is 550. The van der Waals surface area contributed by atoms with Crippen LogP contribution < -0.4 is 0 Å². The van der Waals surface area contributed by atoms with E-state index < -0.39 is 17.3 Å². The van der Waals surface area contributed by atoms with Crippen molar-refractivity contribution >= 4 is 22.0 Å². The fourth-order valence-corrected chi connectivity index (χ4v) is 2.65. The monoisotopic (exact) mass is 359 g/mol. The first-order valence-electron chi connectivity index (χ1n) is 6.72. The SMILES string of the molecule is CC(C)(C)OC(=O)N1CC(O)(Cc2cc(F)ccc2Br)C1. The standard InChI is InChI=1S/C15H19BrFNO3/c1-14(2,3)21-13(19)18-8-15(20,9-18)7-10-6-11(17)4-5-12(10)16/h4-6,20H,7-9H2,1-3H3. The Morgan fingerprint density at radius 2 is 2.10 bits per heavy atom. The van der Waals surface area contributed by atoms with Crippen molar-refractivity contribution in [1.82, 2.24) is 4.90 Å². The van der Waals surface area contributed by atoms with Gasteiger partial charge in [0.15, 0.2) is 0 Å². The normalized spacial score (nSPS) is 17.3. The topological polar surface area (TPSA) is 49.8 Å². The van der Waals surface area contributed by atoms with E-state index in [9.17, 15) is 14.3 Å². The number of amides is 1. The molecular formula is C15H19BrFNO3. The summed E-state index contributed by atoms with van der Waals surface area (Å²) in [5.74, 6) is -0.347. The Morgan fingerprint density at radius 1 is 1.48 bits per heavy atom. The van der Waals surface area contributed by atoms with Gasteiger partial charge in [-0.05, 0) is 44.5 Å². The molecule has 2 rings (SSSR count). The van der Waals surface area contributed by atoms with Gasteiger partial charge in [0.2, 0.25) is 0 Å². The molecule has 1 N–H and O–H groups in total. The lowest BCUT2D eigenvalue weighted by atomic mass is 9.87. The zero-order valence-corrected chi connectivity index (χ0v) is 13.9. The second-order valence-electron chi connectivity index (χ2n) is 6.47. The Kier molecular flexibility index (Phi) is 4.31. The lowest BCUT2D eigenvalue weighted by molar-refractivity contribution is -0.0974. The fourth-order valence-electron chi connectivity index (χ4n) is 2.26. The highest BCUT2D eigenvalue weighted by molar-refractivity contribution is 9.10. The van der Waals surface area contributed by atoms with Gasteiger partial charge < -0.3 is 14.7 Å². The number of ether oxygens (including phenoxy) is 1. The lowest BCUT2D eigenvalue weighted by Gasteiger charge is -2.46. The molecule has 0 atom stereocenters. The minimum atomic E-state index is -1.03. The molecule has 0 radical (unpaired) electrons. The van der Waals surface area contributed by atoms with Crippen LogP contribution in [0.4, 0.5) is 9.18 Å². The van der Waals surface area contributed by atoms with Crippen molar-refractivity contribution < 1.29 is 19.0 Å². The van der Waals surface area contributed by atoms with E-state index in [2.05, 4.69) is 15.9 Å². The van der Waals surface area contributed by atoms with Gasteiger partial charge in [-0.15, -0.1) is 0 Å². The number of hydrogen-bond donors (Lipinski definition) is 1. The van der Waals surface area contributed by atoms with Gasteiger partial charge in [-0.2, -0.15) is 0 Å². The van der Waals surface area contributed by atoms with Gasteiger partial charge in [-0.3, -0.25) is 0 Å². The Balaban J connectivity index is 1.95. The second-order valence-corrected chi connectivity index (χ2v) is 7.33. The summed E-state index contributed by atoms with van der Waals surface area (Å²) in [7, 11) is 0. The second kappa shape index (κ2) is 5.57. The van der Waals surface area contributed by atoms with Crippen molar-refractivity contribution in [2.45, 2.75) is 38.4 Å². The maximum absolute atomic E-state index is 13.2. The minimum absolute atomic E-state index is 0.185. The average Bonchev–Trinajstić information content (AvgIpc) is 2.28. The summed E-state index contributed by atoms with van der Waals surface area (Å²) in [5.41, 5.74) is -0.912. The molecule has 0 aliphatic carbocycles. The summed E-state index contributed by atoms with van der Waals surface area (Å²) >= 11 is 3.34. The molecule has 0 unspecified atom stereocenters. The van der Waals surface area contributed by atoms with Gasteiger partial charge in [0.05, 0.1) is 13.1 Å². The summed E-state index contributed by atoms with van der Waals surface area (Å²) in [6.45, 7) is 5.75. The number of halogens is 2. The first kappa shape index (κ1) is 16.2. The third-order valence-corrected chi connectivity index (χ3v) is 3.92. The molecule has 4 nitrogen and oxygen atoms in total. The van der Waals surface area contributed by atoms with Crippen LogP contribution in [0.3, 0.4) is 0 Å². The number of nitrogens with zero attached hydrogens (tertiary/aromatic N) is 1. The zero-order valence-electron chi connectivity index (χ0n) is 12.3. The average molecular weight is 360 g/mol. The van der Waals surface area contributed by atoms with E-state index in [0.29, 0.717) is 5.56 Å². The number of carbonyl (C=O) groups excluding carboxylic acids is 1. The van der Waals surface area contributed by atoms with E-state index in [1.165, 1.54) is 17.0 Å². The maximum atomic E-state index is 13.2. The molecule has 1 saturated heterocycles. The van der Waals surface area contributed by atoms with Crippen molar-refractivity contribution in [3.05, 3.63) is 34.1 Å². The third kappa shape index (κ3) is 4.17. The number of benzene rings is 1. The Hall–Kier alpha value is -1.14. The Labute approximate surface area is 132 Å². The smallest absolute Gasteiger partial charge is 0.410 e. The van der Waals surface area contributed by atoms with Crippen molar-refractivity contribution in [1.29, 1.82) is 0 Å². The predicted octanol–water partition coefficient (Wildman–Crippen LogP) is 3.11. The van der Waals surface area contributed by atoms with E-state index in [1.807, 2.05) is 0 Å². The number of likely N-dealkylation sites (tertiary alicyclic amines) is 1. The highest BCUT2D eigenvalue weighted by Gasteiger charge is 2.45. The third-order valence-electron chi connectivity index (χ3n) is 3.15. The number of hydrogen-bond acceptors (Lipinski definition) is 3. The van der Waals surface area contributed by atoms with Crippen LogP contribution >= 0.6 is 15.9 Å². The van der Waals surface area contributed by atoms with Crippen LogP contribution in [-0.2, 0) is 11.2 Å². The molecule has 1 aliphatic heterocycles. The molecular weight excluding hydrogens is 341 g/mol. The summed E-state index contributed by atoms with van der Waals surface area (Å²) in [6.07, 6.45) is -0.157. The molecule has 1 aromatic rings. The molecule has 1 fully saturated rings. The van der Waals surface area contributed by atoms with Crippen molar-refractivity contribution in [3.63, 3.8) is 0 Å². The van der Waals surface area contributed by atoms with Crippen LogP contribution in [0.2, 0.25) is 0 Å². The lowest BCUT2D eigenvalue weighted by Crippen LogP contribution is -2.65. The molecule has 0 spiro atoms. The molecule has 1 heterocycles. The van der Waals surface area contributed by atoms with Gasteiger partial charge in [0.1, 0.15) is 17.0 Å². The summed E-state index contributed by atoms with van der Waals surface area (Å²) in [5, 5.41) is 10.4. The molecule has 0 saturated carbocycles. The molecule has 6 heteroatoms. The summed E-state index contributed by atoms with van der Waals surface area (Å²) in [6, 6.07) is 4.35. The number of aliphatic hydroxyl groups is 1.